The van der Waals surface area contributed by atoms with Crippen molar-refractivity contribution >= 4 is 36.9 Å². The third-order valence-electron chi connectivity index (χ3n) is 1.59. The summed E-state index contributed by atoms with van der Waals surface area (Å²) in [5.74, 6) is 0. The summed E-state index contributed by atoms with van der Waals surface area (Å²) in [5, 5.41) is 2.12. The molecule has 1 nitrogen and oxygen atoms in total. The first-order chi connectivity index (χ1) is 5.86. The second kappa shape index (κ2) is 3.58. The molecule has 1 heterocycles. The van der Waals surface area contributed by atoms with Crippen LogP contribution in [-0.2, 0) is 0 Å². The SMILES string of the molecule is [SnH][c]1nc(-c2ccccc2)cs1. The van der Waals surface area contributed by atoms with E-state index < -0.39 is 0 Å². The standard InChI is InChI=1S/C9H6NS.Sn.H/c1-2-4-8(5-3-1)9-6-11-7-10-9;;/h1-6H;;. The van der Waals surface area contributed by atoms with Gasteiger partial charge in [-0.3, -0.25) is 0 Å². The van der Waals surface area contributed by atoms with Crippen molar-refractivity contribution in [3.63, 3.8) is 0 Å². The van der Waals surface area contributed by atoms with Gasteiger partial charge in [0.25, 0.3) is 0 Å². The number of thiazole rings is 1. The predicted molar refractivity (Wildman–Crippen MR) is 54.3 cm³/mol. The molecule has 2 rings (SSSR count). The molecule has 1 aromatic carbocycles. The van der Waals surface area contributed by atoms with E-state index in [-0.39, 0.29) is 0 Å². The number of aromatic nitrogens is 1. The Morgan fingerprint density at radius 3 is 2.50 bits per heavy atom. The van der Waals surface area contributed by atoms with Gasteiger partial charge in [0.1, 0.15) is 0 Å². The van der Waals surface area contributed by atoms with Crippen LogP contribution in [0.15, 0.2) is 35.7 Å². The van der Waals surface area contributed by atoms with Gasteiger partial charge in [0.2, 0.25) is 0 Å². The molecule has 58 valence electrons. The Morgan fingerprint density at radius 1 is 1.17 bits per heavy atom. The van der Waals surface area contributed by atoms with Crippen molar-refractivity contribution in [1.29, 1.82) is 0 Å². The molecule has 0 fully saturated rings. The normalized spacial score (nSPS) is 10.1. The maximum atomic E-state index is 4.46. The van der Waals surface area contributed by atoms with E-state index in [2.05, 4.69) is 22.5 Å². The first-order valence-corrected chi connectivity index (χ1v) is 6.15. The molecule has 2 aromatic rings. The molecule has 0 atom stereocenters. The van der Waals surface area contributed by atoms with Gasteiger partial charge in [-0.05, 0) is 0 Å². The van der Waals surface area contributed by atoms with Crippen molar-refractivity contribution in [1.82, 2.24) is 4.98 Å². The van der Waals surface area contributed by atoms with Crippen LogP contribution in [0.1, 0.15) is 0 Å². The van der Waals surface area contributed by atoms with Crippen LogP contribution in [0.4, 0.5) is 0 Å². The molecular weight excluding hydrogens is 273 g/mol. The topological polar surface area (TPSA) is 12.9 Å². The molecule has 0 aliphatic carbocycles. The van der Waals surface area contributed by atoms with Crippen molar-refractivity contribution in [2.24, 2.45) is 0 Å². The van der Waals surface area contributed by atoms with Gasteiger partial charge in [-0.25, -0.2) is 0 Å². The fraction of sp³-hybridized carbons (Fsp3) is 0. The average molecular weight is 280 g/mol. The van der Waals surface area contributed by atoms with Crippen molar-refractivity contribution in [2.45, 2.75) is 0 Å². The Labute approximate surface area is 88.6 Å². The van der Waals surface area contributed by atoms with Crippen molar-refractivity contribution in [3.8, 4) is 11.3 Å². The van der Waals surface area contributed by atoms with E-state index in [1.165, 1.54) is 8.59 Å². The number of benzene rings is 1. The summed E-state index contributed by atoms with van der Waals surface area (Å²) in [7, 11) is 0. The minimum absolute atomic E-state index is 1.11. The van der Waals surface area contributed by atoms with Gasteiger partial charge in [-0.2, -0.15) is 0 Å². The summed E-state index contributed by atoms with van der Waals surface area (Å²) in [6.45, 7) is 0. The van der Waals surface area contributed by atoms with Gasteiger partial charge in [0.05, 0.1) is 0 Å². The molecular formula is C9H7NSSn. The molecule has 0 amide bonds. The molecule has 0 saturated carbocycles. The summed E-state index contributed by atoms with van der Waals surface area (Å²) in [6.07, 6.45) is 0. The van der Waals surface area contributed by atoms with Crippen LogP contribution in [-0.4, -0.2) is 27.5 Å². The first-order valence-electron chi connectivity index (χ1n) is 3.63. The quantitative estimate of drug-likeness (QED) is 0.718. The fourth-order valence-corrected chi connectivity index (χ4v) is 2.58. The van der Waals surface area contributed by atoms with Crippen molar-refractivity contribution < 1.29 is 0 Å². The molecule has 0 N–H and O–H groups in total. The Hall–Kier alpha value is -0.351. The molecule has 12 heavy (non-hydrogen) atoms. The average Bonchev–Trinajstić information content (AvgIpc) is 2.54. The van der Waals surface area contributed by atoms with E-state index in [9.17, 15) is 0 Å². The zero-order valence-corrected chi connectivity index (χ0v) is 10.5. The monoisotopic (exact) mass is 281 g/mol. The van der Waals surface area contributed by atoms with Gasteiger partial charge < -0.3 is 0 Å². The predicted octanol–water partition coefficient (Wildman–Crippen LogP) is 1.34. The molecule has 0 saturated heterocycles. The second-order valence-electron chi connectivity index (χ2n) is 2.44. The second-order valence-corrected chi connectivity index (χ2v) is 6.08. The number of hydrogen-bond donors (Lipinski definition) is 0. The van der Waals surface area contributed by atoms with Crippen LogP contribution in [0, 0.1) is 0 Å². The molecule has 0 aliphatic rings. The van der Waals surface area contributed by atoms with Gasteiger partial charge in [0, 0.05) is 0 Å². The summed E-state index contributed by atoms with van der Waals surface area (Å²) < 4.78 is 1.25. The fourth-order valence-electron chi connectivity index (χ4n) is 1.03. The summed E-state index contributed by atoms with van der Waals surface area (Å²) in [5.41, 5.74) is 2.33. The third-order valence-corrected chi connectivity index (χ3v) is 3.80. The number of nitrogens with zero attached hydrogens (tertiary/aromatic N) is 1. The maximum absolute atomic E-state index is 4.46. The van der Waals surface area contributed by atoms with E-state index in [1.807, 2.05) is 18.2 Å². The number of hydrogen-bond acceptors (Lipinski definition) is 2. The Bertz CT molecular complexity index is 369. The van der Waals surface area contributed by atoms with Gasteiger partial charge in [-0.15, -0.1) is 0 Å². The zero-order chi connectivity index (χ0) is 8.39. The van der Waals surface area contributed by atoms with E-state index in [0.717, 1.165) is 28.2 Å². The molecule has 0 spiro atoms. The van der Waals surface area contributed by atoms with Gasteiger partial charge in [-0.1, -0.05) is 0 Å². The summed E-state index contributed by atoms with van der Waals surface area (Å²) in [6, 6.07) is 10.3. The number of rotatable bonds is 1. The molecule has 3 heteroatoms. The van der Waals surface area contributed by atoms with E-state index >= 15 is 0 Å². The van der Waals surface area contributed by atoms with Crippen LogP contribution < -0.4 is 3.02 Å². The van der Waals surface area contributed by atoms with Crippen LogP contribution in [0.3, 0.4) is 0 Å². The summed E-state index contributed by atoms with van der Waals surface area (Å²) >= 11 is 2.86. The van der Waals surface area contributed by atoms with Crippen LogP contribution in [0.5, 0.6) is 0 Å². The Balaban J connectivity index is 2.45. The van der Waals surface area contributed by atoms with Gasteiger partial charge >= 0.3 is 88.8 Å². The molecule has 0 bridgehead atoms. The molecule has 0 unspecified atom stereocenters. The van der Waals surface area contributed by atoms with Crippen molar-refractivity contribution in [3.05, 3.63) is 35.7 Å². The summed E-state index contributed by atoms with van der Waals surface area (Å²) in [4.78, 5) is 4.46. The van der Waals surface area contributed by atoms with Crippen LogP contribution in [0.25, 0.3) is 11.3 Å². The van der Waals surface area contributed by atoms with Crippen LogP contribution >= 0.6 is 11.3 Å². The molecule has 2 radical (unpaired) electrons. The van der Waals surface area contributed by atoms with E-state index in [0.29, 0.717) is 0 Å². The third kappa shape index (κ3) is 1.69. The van der Waals surface area contributed by atoms with E-state index in [4.69, 9.17) is 0 Å². The van der Waals surface area contributed by atoms with Crippen molar-refractivity contribution in [2.75, 3.05) is 0 Å². The first kappa shape index (κ1) is 8.26. The zero-order valence-electron chi connectivity index (χ0n) is 6.40. The minimum atomic E-state index is 1.11. The van der Waals surface area contributed by atoms with Crippen LogP contribution in [0.2, 0.25) is 0 Å². The molecule has 1 aromatic heterocycles. The Kier molecular flexibility index (Phi) is 2.46. The van der Waals surface area contributed by atoms with E-state index in [1.54, 1.807) is 11.3 Å². The Morgan fingerprint density at radius 2 is 1.92 bits per heavy atom. The van der Waals surface area contributed by atoms with Gasteiger partial charge in [0.15, 0.2) is 0 Å². The molecule has 0 aliphatic heterocycles.